The van der Waals surface area contributed by atoms with Crippen LogP contribution in [0.3, 0.4) is 0 Å². The number of fused-ring (bicyclic) bond motifs is 1. The largest absolute Gasteiger partial charge is 0.307 e. The molecular formula is C20H19N5S. The Morgan fingerprint density at radius 1 is 1.15 bits per heavy atom. The Labute approximate surface area is 155 Å². The van der Waals surface area contributed by atoms with Crippen molar-refractivity contribution >= 4 is 21.6 Å². The molecule has 6 heteroatoms. The Hall–Kier alpha value is -2.57. The lowest BCUT2D eigenvalue weighted by atomic mass is 9.96. The minimum absolute atomic E-state index is 0.212. The number of aromatic amines is 1. The zero-order valence-corrected chi connectivity index (χ0v) is 15.3. The number of benzene rings is 1. The van der Waals surface area contributed by atoms with E-state index in [1.54, 1.807) is 11.3 Å². The van der Waals surface area contributed by atoms with Crippen molar-refractivity contribution in [2.45, 2.75) is 25.3 Å². The second kappa shape index (κ2) is 6.30. The molecule has 0 aliphatic carbocycles. The highest BCUT2D eigenvalue weighted by molar-refractivity contribution is 7.22. The summed E-state index contributed by atoms with van der Waals surface area (Å²) in [6.07, 6.45) is 4.86. The summed E-state index contributed by atoms with van der Waals surface area (Å²) in [5, 5.41) is 10.7. The number of nitrogens with zero attached hydrogens (tertiary/aromatic N) is 3. The van der Waals surface area contributed by atoms with Crippen LogP contribution >= 0.6 is 11.3 Å². The van der Waals surface area contributed by atoms with Gasteiger partial charge >= 0.3 is 0 Å². The molecule has 0 spiro atoms. The molecule has 5 rings (SSSR count). The summed E-state index contributed by atoms with van der Waals surface area (Å²) in [6.45, 7) is 3.01. The van der Waals surface area contributed by atoms with E-state index in [4.69, 9.17) is 4.98 Å². The Morgan fingerprint density at radius 2 is 2.04 bits per heavy atom. The zero-order valence-electron chi connectivity index (χ0n) is 14.4. The number of H-pyrrole nitrogens is 1. The number of thiophene rings is 1. The molecule has 1 aliphatic rings. The third kappa shape index (κ3) is 2.71. The van der Waals surface area contributed by atoms with Crippen LogP contribution in [0.15, 0.2) is 48.8 Å². The Bertz CT molecular complexity index is 1050. The minimum Gasteiger partial charge on any atom is -0.307 e. The predicted molar refractivity (Wildman–Crippen MR) is 104 cm³/mol. The van der Waals surface area contributed by atoms with Crippen LogP contribution in [-0.2, 0) is 0 Å². The summed E-state index contributed by atoms with van der Waals surface area (Å²) in [5.74, 6) is 1.41. The van der Waals surface area contributed by atoms with E-state index in [-0.39, 0.29) is 6.04 Å². The fourth-order valence-electron chi connectivity index (χ4n) is 3.66. The van der Waals surface area contributed by atoms with Crippen molar-refractivity contribution in [1.82, 2.24) is 25.5 Å². The average Bonchev–Trinajstić information content (AvgIpc) is 3.40. The molecular weight excluding hydrogens is 342 g/mol. The van der Waals surface area contributed by atoms with Gasteiger partial charge in [-0.05, 0) is 30.9 Å². The molecule has 2 N–H and O–H groups in total. The van der Waals surface area contributed by atoms with Gasteiger partial charge in [0.1, 0.15) is 5.82 Å². The van der Waals surface area contributed by atoms with Crippen LogP contribution in [0.25, 0.3) is 20.7 Å². The van der Waals surface area contributed by atoms with Crippen LogP contribution in [0.1, 0.15) is 35.5 Å². The van der Waals surface area contributed by atoms with Crippen molar-refractivity contribution in [3.8, 4) is 10.4 Å². The number of nitrogens with one attached hydrogen (secondary N) is 2. The SMILES string of the molecule is Cc1[nH]ncc1-c1cc2nc([C@@H]3C[C@@H](c4ccccc4)CN3)ncc2s1. The Morgan fingerprint density at radius 3 is 2.85 bits per heavy atom. The summed E-state index contributed by atoms with van der Waals surface area (Å²) in [7, 11) is 0. The molecule has 4 heterocycles. The first-order valence-electron chi connectivity index (χ1n) is 8.83. The molecule has 5 nitrogen and oxygen atoms in total. The first kappa shape index (κ1) is 15.7. The van der Waals surface area contributed by atoms with Crippen molar-refractivity contribution in [3.05, 3.63) is 65.9 Å². The number of hydrogen-bond donors (Lipinski definition) is 2. The smallest absolute Gasteiger partial charge is 0.145 e. The van der Waals surface area contributed by atoms with E-state index in [0.29, 0.717) is 5.92 Å². The summed E-state index contributed by atoms with van der Waals surface area (Å²) < 4.78 is 1.11. The van der Waals surface area contributed by atoms with Gasteiger partial charge in [0.2, 0.25) is 0 Å². The summed E-state index contributed by atoms with van der Waals surface area (Å²) in [5.41, 5.74) is 4.61. The van der Waals surface area contributed by atoms with Gasteiger partial charge in [-0.15, -0.1) is 11.3 Å². The fraction of sp³-hybridized carbons (Fsp3) is 0.250. The monoisotopic (exact) mass is 361 g/mol. The van der Waals surface area contributed by atoms with Crippen molar-refractivity contribution in [3.63, 3.8) is 0 Å². The van der Waals surface area contributed by atoms with Crippen molar-refractivity contribution in [1.29, 1.82) is 0 Å². The van der Waals surface area contributed by atoms with Gasteiger partial charge in [0.15, 0.2) is 0 Å². The maximum absolute atomic E-state index is 4.85. The number of aryl methyl sites for hydroxylation is 1. The van der Waals surface area contributed by atoms with E-state index in [0.717, 1.165) is 40.3 Å². The summed E-state index contributed by atoms with van der Waals surface area (Å²) in [4.78, 5) is 10.7. The van der Waals surface area contributed by atoms with Gasteiger partial charge in [-0.1, -0.05) is 30.3 Å². The highest BCUT2D eigenvalue weighted by Crippen LogP contribution is 2.36. The minimum atomic E-state index is 0.212. The first-order valence-corrected chi connectivity index (χ1v) is 9.65. The van der Waals surface area contributed by atoms with Crippen LogP contribution in [0.2, 0.25) is 0 Å². The van der Waals surface area contributed by atoms with Gasteiger partial charge in [-0.2, -0.15) is 5.10 Å². The van der Waals surface area contributed by atoms with E-state index >= 15 is 0 Å². The maximum atomic E-state index is 4.85. The van der Waals surface area contributed by atoms with Crippen LogP contribution in [0, 0.1) is 6.92 Å². The van der Waals surface area contributed by atoms with Crippen molar-refractivity contribution < 1.29 is 0 Å². The van der Waals surface area contributed by atoms with Crippen molar-refractivity contribution in [2.75, 3.05) is 6.54 Å². The van der Waals surface area contributed by atoms with E-state index in [2.05, 4.69) is 56.9 Å². The first-order chi connectivity index (χ1) is 12.8. The molecule has 130 valence electrons. The highest BCUT2D eigenvalue weighted by Gasteiger charge is 2.28. The van der Waals surface area contributed by atoms with Gasteiger partial charge in [0.05, 0.1) is 22.5 Å². The predicted octanol–water partition coefficient (Wildman–Crippen LogP) is 4.21. The lowest BCUT2D eigenvalue weighted by Crippen LogP contribution is -2.15. The topological polar surface area (TPSA) is 66.5 Å². The molecule has 1 saturated heterocycles. The van der Waals surface area contributed by atoms with Crippen molar-refractivity contribution in [2.24, 2.45) is 0 Å². The molecule has 4 aromatic rings. The van der Waals surface area contributed by atoms with Crippen LogP contribution in [0.5, 0.6) is 0 Å². The molecule has 0 radical (unpaired) electrons. The molecule has 0 amide bonds. The number of aromatic nitrogens is 4. The molecule has 0 saturated carbocycles. The van der Waals surface area contributed by atoms with E-state index < -0.39 is 0 Å². The van der Waals surface area contributed by atoms with Crippen LogP contribution in [0.4, 0.5) is 0 Å². The van der Waals surface area contributed by atoms with E-state index in [1.165, 1.54) is 10.4 Å². The van der Waals surface area contributed by atoms with Gasteiger partial charge in [0.25, 0.3) is 0 Å². The van der Waals surface area contributed by atoms with Crippen LogP contribution < -0.4 is 5.32 Å². The lowest BCUT2D eigenvalue weighted by molar-refractivity contribution is 0.603. The Balaban J connectivity index is 1.42. The maximum Gasteiger partial charge on any atom is 0.145 e. The van der Waals surface area contributed by atoms with Gasteiger partial charge in [-0.25, -0.2) is 9.97 Å². The average molecular weight is 361 g/mol. The Kier molecular flexibility index (Phi) is 3.80. The molecule has 1 aromatic carbocycles. The van der Waals surface area contributed by atoms with Gasteiger partial charge < -0.3 is 5.32 Å². The lowest BCUT2D eigenvalue weighted by Gasteiger charge is -2.09. The second-order valence-electron chi connectivity index (χ2n) is 6.80. The molecule has 26 heavy (non-hydrogen) atoms. The molecule has 1 fully saturated rings. The summed E-state index contributed by atoms with van der Waals surface area (Å²) >= 11 is 1.71. The second-order valence-corrected chi connectivity index (χ2v) is 7.88. The highest BCUT2D eigenvalue weighted by atomic mass is 32.1. The fourth-order valence-corrected chi connectivity index (χ4v) is 4.70. The normalized spacial score (nSPS) is 20.0. The quantitative estimate of drug-likeness (QED) is 0.574. The third-order valence-electron chi connectivity index (χ3n) is 5.10. The zero-order chi connectivity index (χ0) is 17.5. The van der Waals surface area contributed by atoms with E-state index in [1.807, 2.05) is 19.3 Å². The molecule has 1 aliphatic heterocycles. The van der Waals surface area contributed by atoms with E-state index in [9.17, 15) is 0 Å². The summed E-state index contributed by atoms with van der Waals surface area (Å²) in [6, 6.07) is 13.0. The van der Waals surface area contributed by atoms with Crippen LogP contribution in [-0.4, -0.2) is 26.7 Å². The molecule has 2 atom stereocenters. The third-order valence-corrected chi connectivity index (χ3v) is 6.19. The van der Waals surface area contributed by atoms with Gasteiger partial charge in [-0.3, -0.25) is 5.10 Å². The van der Waals surface area contributed by atoms with Gasteiger partial charge in [0, 0.05) is 28.9 Å². The number of rotatable bonds is 3. The number of hydrogen-bond acceptors (Lipinski definition) is 5. The molecule has 0 bridgehead atoms. The molecule has 3 aromatic heterocycles. The molecule has 0 unspecified atom stereocenters. The standard InChI is InChI=1S/C20H19N5S/c1-12-15(10-23-25-12)18-8-16-19(26-18)11-22-20(24-16)17-7-14(9-21-17)13-5-3-2-4-6-13/h2-6,8,10-11,14,17,21H,7,9H2,1H3,(H,23,25)/t14-,17+/m1/s1.